The summed E-state index contributed by atoms with van der Waals surface area (Å²) >= 11 is 0. The molecule has 0 atom stereocenters. The topological polar surface area (TPSA) is 54.8 Å². The highest BCUT2D eigenvalue weighted by molar-refractivity contribution is 5.53. The molecular formula is C12H17N5. The predicted molar refractivity (Wildman–Crippen MR) is 69.1 cm³/mol. The van der Waals surface area contributed by atoms with Gasteiger partial charge in [-0.15, -0.1) is 0 Å². The van der Waals surface area contributed by atoms with E-state index in [1.165, 1.54) is 11.3 Å². The Hall–Kier alpha value is -2.04. The van der Waals surface area contributed by atoms with Crippen LogP contribution in [0.1, 0.15) is 11.3 Å². The van der Waals surface area contributed by atoms with Gasteiger partial charge in [0.05, 0.1) is 30.0 Å². The van der Waals surface area contributed by atoms with Crippen LogP contribution >= 0.6 is 0 Å². The fraction of sp³-hybridized carbons (Fsp3) is 0.333. The van der Waals surface area contributed by atoms with Crippen LogP contribution in [-0.4, -0.2) is 21.8 Å². The average Bonchev–Trinajstić information content (AvgIpc) is 2.68. The van der Waals surface area contributed by atoms with E-state index in [-0.39, 0.29) is 0 Å². The molecule has 2 aromatic rings. The second kappa shape index (κ2) is 4.86. The lowest BCUT2D eigenvalue weighted by atomic mass is 10.2. The molecular weight excluding hydrogens is 214 g/mol. The average molecular weight is 231 g/mol. The lowest BCUT2D eigenvalue weighted by Crippen LogP contribution is -2.02. The van der Waals surface area contributed by atoms with Crippen molar-refractivity contribution in [3.05, 3.63) is 35.9 Å². The molecule has 2 rings (SSSR count). The van der Waals surface area contributed by atoms with Crippen molar-refractivity contribution in [2.45, 2.75) is 13.5 Å². The first-order chi connectivity index (χ1) is 8.20. The quantitative estimate of drug-likeness (QED) is 0.842. The highest BCUT2D eigenvalue weighted by atomic mass is 15.3. The lowest BCUT2D eigenvalue weighted by molar-refractivity contribution is 0.738. The third-order valence-electron chi connectivity index (χ3n) is 2.85. The van der Waals surface area contributed by atoms with E-state index in [4.69, 9.17) is 0 Å². The minimum absolute atomic E-state index is 0.758. The van der Waals surface area contributed by atoms with E-state index in [0.717, 1.165) is 17.9 Å². The summed E-state index contributed by atoms with van der Waals surface area (Å²) in [5.41, 5.74) is 4.37. The fourth-order valence-corrected chi connectivity index (χ4v) is 1.59. The summed E-state index contributed by atoms with van der Waals surface area (Å²) in [6.45, 7) is 2.82. The third kappa shape index (κ3) is 2.55. The maximum Gasteiger partial charge on any atom is 0.0550 e. The van der Waals surface area contributed by atoms with Crippen molar-refractivity contribution in [1.29, 1.82) is 0 Å². The summed E-state index contributed by atoms with van der Waals surface area (Å²) < 4.78 is 1.87. The fourth-order valence-electron chi connectivity index (χ4n) is 1.59. The second-order valence-corrected chi connectivity index (χ2v) is 3.94. The predicted octanol–water partition coefficient (Wildman–Crippen LogP) is 1.78. The highest BCUT2D eigenvalue weighted by Crippen LogP contribution is 2.14. The summed E-state index contributed by atoms with van der Waals surface area (Å²) in [7, 11) is 3.83. The Morgan fingerprint density at radius 2 is 2.00 bits per heavy atom. The summed E-state index contributed by atoms with van der Waals surface area (Å²) in [5.74, 6) is 0. The van der Waals surface area contributed by atoms with Crippen molar-refractivity contribution in [3.63, 3.8) is 0 Å². The Balaban J connectivity index is 2.04. The summed E-state index contributed by atoms with van der Waals surface area (Å²) in [4.78, 5) is 4.15. The van der Waals surface area contributed by atoms with E-state index in [1.807, 2.05) is 37.2 Å². The Morgan fingerprint density at radius 3 is 2.65 bits per heavy atom. The zero-order valence-electron chi connectivity index (χ0n) is 10.4. The van der Waals surface area contributed by atoms with Crippen LogP contribution in [0.2, 0.25) is 0 Å². The Labute approximate surface area is 101 Å². The van der Waals surface area contributed by atoms with Crippen molar-refractivity contribution in [1.82, 2.24) is 14.8 Å². The van der Waals surface area contributed by atoms with E-state index in [1.54, 1.807) is 6.20 Å². The molecule has 17 heavy (non-hydrogen) atoms. The number of hydrogen-bond donors (Lipinski definition) is 2. The molecule has 0 amide bonds. The first-order valence-electron chi connectivity index (χ1n) is 5.55. The Bertz CT molecular complexity index is 503. The molecule has 0 aliphatic carbocycles. The largest absolute Gasteiger partial charge is 0.387 e. The van der Waals surface area contributed by atoms with E-state index < -0.39 is 0 Å². The Morgan fingerprint density at radius 1 is 1.24 bits per heavy atom. The van der Waals surface area contributed by atoms with Gasteiger partial charge in [0, 0.05) is 31.9 Å². The minimum Gasteiger partial charge on any atom is -0.387 e. The van der Waals surface area contributed by atoms with Crippen LogP contribution < -0.4 is 10.6 Å². The van der Waals surface area contributed by atoms with E-state index >= 15 is 0 Å². The number of aryl methyl sites for hydroxylation is 1. The first-order valence-corrected chi connectivity index (χ1v) is 5.55. The number of anilines is 2. The highest BCUT2D eigenvalue weighted by Gasteiger charge is 2.03. The summed E-state index contributed by atoms with van der Waals surface area (Å²) in [5, 5.41) is 10.6. The van der Waals surface area contributed by atoms with Crippen LogP contribution in [0.25, 0.3) is 0 Å². The summed E-state index contributed by atoms with van der Waals surface area (Å²) in [6.07, 6.45) is 5.49. The number of rotatable bonds is 4. The van der Waals surface area contributed by atoms with Crippen LogP contribution in [0.3, 0.4) is 0 Å². The SMILES string of the molecule is CNc1cncc(NCc2cnn(C)c2C)c1. The maximum absolute atomic E-state index is 4.21. The van der Waals surface area contributed by atoms with E-state index in [2.05, 4.69) is 27.6 Å². The van der Waals surface area contributed by atoms with Gasteiger partial charge in [0.2, 0.25) is 0 Å². The van der Waals surface area contributed by atoms with Gasteiger partial charge in [0.25, 0.3) is 0 Å². The molecule has 0 saturated carbocycles. The molecule has 5 nitrogen and oxygen atoms in total. The van der Waals surface area contributed by atoms with Gasteiger partial charge < -0.3 is 10.6 Å². The normalized spacial score (nSPS) is 10.3. The van der Waals surface area contributed by atoms with Crippen LogP contribution in [0.5, 0.6) is 0 Å². The van der Waals surface area contributed by atoms with Gasteiger partial charge >= 0.3 is 0 Å². The van der Waals surface area contributed by atoms with Crippen molar-refractivity contribution >= 4 is 11.4 Å². The second-order valence-electron chi connectivity index (χ2n) is 3.94. The lowest BCUT2D eigenvalue weighted by Gasteiger charge is -2.07. The number of nitrogens with one attached hydrogen (secondary N) is 2. The zero-order chi connectivity index (χ0) is 12.3. The first kappa shape index (κ1) is 11.4. The molecule has 0 fully saturated rings. The van der Waals surface area contributed by atoms with Crippen LogP contribution in [-0.2, 0) is 13.6 Å². The van der Waals surface area contributed by atoms with Gasteiger partial charge in [-0.25, -0.2) is 0 Å². The zero-order valence-corrected chi connectivity index (χ0v) is 10.4. The molecule has 2 heterocycles. The molecule has 0 saturated heterocycles. The molecule has 0 radical (unpaired) electrons. The van der Waals surface area contributed by atoms with Crippen LogP contribution in [0.15, 0.2) is 24.7 Å². The van der Waals surface area contributed by atoms with Gasteiger partial charge in [0.15, 0.2) is 0 Å². The van der Waals surface area contributed by atoms with Crippen molar-refractivity contribution in [2.75, 3.05) is 17.7 Å². The molecule has 2 aromatic heterocycles. The monoisotopic (exact) mass is 231 g/mol. The molecule has 0 spiro atoms. The smallest absolute Gasteiger partial charge is 0.0550 e. The third-order valence-corrected chi connectivity index (χ3v) is 2.85. The van der Waals surface area contributed by atoms with Crippen molar-refractivity contribution < 1.29 is 0 Å². The standard InChI is InChI=1S/C12H17N5/c1-9-10(6-16-17(9)3)5-15-12-4-11(13-2)7-14-8-12/h4,6-8,13,15H,5H2,1-3H3. The molecule has 0 aromatic carbocycles. The van der Waals surface area contributed by atoms with Crippen LogP contribution in [0.4, 0.5) is 11.4 Å². The molecule has 0 unspecified atom stereocenters. The minimum atomic E-state index is 0.758. The maximum atomic E-state index is 4.21. The number of hydrogen-bond acceptors (Lipinski definition) is 4. The van der Waals surface area contributed by atoms with E-state index in [9.17, 15) is 0 Å². The molecule has 0 aliphatic rings. The van der Waals surface area contributed by atoms with Gasteiger partial charge in [-0.1, -0.05) is 0 Å². The van der Waals surface area contributed by atoms with Crippen molar-refractivity contribution in [2.24, 2.45) is 7.05 Å². The number of nitrogens with zero attached hydrogens (tertiary/aromatic N) is 3. The van der Waals surface area contributed by atoms with Crippen LogP contribution in [0, 0.1) is 6.92 Å². The molecule has 90 valence electrons. The Kier molecular flexibility index (Phi) is 3.27. The van der Waals surface area contributed by atoms with E-state index in [0.29, 0.717) is 0 Å². The molecule has 0 bridgehead atoms. The molecule has 0 aliphatic heterocycles. The molecule has 2 N–H and O–H groups in total. The number of aromatic nitrogens is 3. The summed E-state index contributed by atoms with van der Waals surface area (Å²) in [6, 6.07) is 2.03. The van der Waals surface area contributed by atoms with Gasteiger partial charge in [-0.2, -0.15) is 5.10 Å². The van der Waals surface area contributed by atoms with Gasteiger partial charge in [-0.05, 0) is 13.0 Å². The van der Waals surface area contributed by atoms with Gasteiger partial charge in [0.1, 0.15) is 0 Å². The number of pyridine rings is 1. The molecule has 5 heteroatoms. The van der Waals surface area contributed by atoms with Crippen molar-refractivity contribution in [3.8, 4) is 0 Å². The van der Waals surface area contributed by atoms with Gasteiger partial charge in [-0.3, -0.25) is 9.67 Å².